The molecule has 3 aromatic rings. The molecule has 0 saturated carbocycles. The minimum atomic E-state index is -0.390. The number of H-pyrrole nitrogens is 1. The molecule has 3 aromatic heterocycles. The van der Waals surface area contributed by atoms with Gasteiger partial charge >= 0.3 is 0 Å². The van der Waals surface area contributed by atoms with Crippen LogP contribution in [0.25, 0.3) is 17.4 Å². The maximum atomic E-state index is 12.4. The Balaban J connectivity index is 1.83. The summed E-state index contributed by atoms with van der Waals surface area (Å²) in [6, 6.07) is 5.13. The van der Waals surface area contributed by atoms with Crippen molar-refractivity contribution in [2.75, 3.05) is 11.2 Å². The van der Waals surface area contributed by atoms with Gasteiger partial charge in [-0.15, -0.1) is 11.6 Å². The predicted octanol–water partition coefficient (Wildman–Crippen LogP) is 2.27. The van der Waals surface area contributed by atoms with Gasteiger partial charge in [-0.2, -0.15) is 9.78 Å². The standard InChI is InChI=1S/C17H16ClN5O3/c18-9-15(24)20-14-8-12(13-6-3-7-26-13)22-23(14)17-19-11-5-2-1-4-10(11)16(25)21-17/h3,6-8H,1-2,4-5,9H2,(H,20,24)(H,19,21,25). The molecule has 1 amide bonds. The SMILES string of the molecule is O=C(CCl)Nc1cc(-c2ccco2)nn1-c1nc2c(c(=O)[nH]1)CCCC2. The number of nitrogens with one attached hydrogen (secondary N) is 2. The fraction of sp³-hybridized carbons (Fsp3) is 0.294. The minimum Gasteiger partial charge on any atom is -0.463 e. The highest BCUT2D eigenvalue weighted by molar-refractivity contribution is 6.29. The van der Waals surface area contributed by atoms with Crippen molar-refractivity contribution in [1.82, 2.24) is 19.7 Å². The first-order chi connectivity index (χ1) is 12.7. The third kappa shape index (κ3) is 3.03. The van der Waals surface area contributed by atoms with Gasteiger partial charge in [-0.1, -0.05) is 0 Å². The lowest BCUT2D eigenvalue weighted by Gasteiger charge is -2.15. The molecule has 0 radical (unpaired) electrons. The molecule has 8 nitrogen and oxygen atoms in total. The molecule has 26 heavy (non-hydrogen) atoms. The van der Waals surface area contributed by atoms with E-state index in [2.05, 4.69) is 20.4 Å². The first kappa shape index (κ1) is 16.6. The second-order valence-electron chi connectivity index (χ2n) is 6.01. The van der Waals surface area contributed by atoms with Crippen molar-refractivity contribution in [3.8, 4) is 17.4 Å². The Hall–Kier alpha value is -2.87. The van der Waals surface area contributed by atoms with Crippen molar-refractivity contribution in [2.24, 2.45) is 0 Å². The van der Waals surface area contributed by atoms with Gasteiger partial charge in [-0.05, 0) is 37.8 Å². The Bertz CT molecular complexity index is 1010. The number of aryl methyl sites for hydroxylation is 1. The molecule has 3 heterocycles. The van der Waals surface area contributed by atoms with Gasteiger partial charge in [0.05, 0.1) is 12.0 Å². The van der Waals surface area contributed by atoms with E-state index >= 15 is 0 Å². The number of aromatic amines is 1. The van der Waals surface area contributed by atoms with Crippen LogP contribution in [0.5, 0.6) is 0 Å². The van der Waals surface area contributed by atoms with E-state index in [1.54, 1.807) is 18.2 Å². The maximum absolute atomic E-state index is 12.4. The molecule has 0 aromatic carbocycles. The number of aromatic nitrogens is 4. The van der Waals surface area contributed by atoms with E-state index < -0.39 is 0 Å². The number of furan rings is 1. The van der Waals surface area contributed by atoms with E-state index in [0.717, 1.165) is 36.9 Å². The average Bonchev–Trinajstić information content (AvgIpc) is 3.31. The Kier molecular flexibility index (Phi) is 4.34. The van der Waals surface area contributed by atoms with Gasteiger partial charge in [-0.25, -0.2) is 4.98 Å². The number of alkyl halides is 1. The predicted molar refractivity (Wildman–Crippen MR) is 95.7 cm³/mol. The molecule has 0 bridgehead atoms. The normalized spacial score (nSPS) is 13.4. The lowest BCUT2D eigenvalue weighted by Crippen LogP contribution is -2.25. The van der Waals surface area contributed by atoms with Crippen LogP contribution in [0.3, 0.4) is 0 Å². The first-order valence-electron chi connectivity index (χ1n) is 8.28. The molecule has 0 saturated heterocycles. The largest absolute Gasteiger partial charge is 0.463 e. The van der Waals surface area contributed by atoms with E-state index in [0.29, 0.717) is 17.3 Å². The van der Waals surface area contributed by atoms with Crippen LogP contribution in [-0.4, -0.2) is 31.5 Å². The first-order valence-corrected chi connectivity index (χ1v) is 8.81. The molecule has 4 rings (SSSR count). The van der Waals surface area contributed by atoms with Crippen molar-refractivity contribution in [3.05, 3.63) is 46.1 Å². The van der Waals surface area contributed by atoms with Crippen LogP contribution >= 0.6 is 11.6 Å². The van der Waals surface area contributed by atoms with Crippen LogP contribution in [0.15, 0.2) is 33.7 Å². The number of rotatable bonds is 4. The molecule has 0 fully saturated rings. The molecule has 1 aliphatic carbocycles. The van der Waals surface area contributed by atoms with Gasteiger partial charge in [0.15, 0.2) is 5.76 Å². The van der Waals surface area contributed by atoms with Crippen molar-refractivity contribution in [3.63, 3.8) is 0 Å². The summed E-state index contributed by atoms with van der Waals surface area (Å²) in [6.07, 6.45) is 4.99. The van der Waals surface area contributed by atoms with E-state index in [1.807, 2.05) is 0 Å². The lowest BCUT2D eigenvalue weighted by atomic mass is 9.97. The summed E-state index contributed by atoms with van der Waals surface area (Å²) in [5, 5.41) is 7.10. The number of nitrogens with zero attached hydrogens (tertiary/aromatic N) is 3. The number of anilines is 1. The van der Waals surface area contributed by atoms with Crippen LogP contribution in [0.1, 0.15) is 24.1 Å². The van der Waals surface area contributed by atoms with E-state index in [-0.39, 0.29) is 23.3 Å². The van der Waals surface area contributed by atoms with Crippen LogP contribution in [0.2, 0.25) is 0 Å². The number of halogens is 1. The Morgan fingerprint density at radius 3 is 3.00 bits per heavy atom. The molecule has 2 N–H and O–H groups in total. The van der Waals surface area contributed by atoms with Gasteiger partial charge in [0.2, 0.25) is 11.9 Å². The minimum absolute atomic E-state index is 0.172. The Morgan fingerprint density at radius 2 is 2.23 bits per heavy atom. The lowest BCUT2D eigenvalue weighted by molar-refractivity contribution is -0.114. The second kappa shape index (κ2) is 6.80. The van der Waals surface area contributed by atoms with Crippen molar-refractivity contribution < 1.29 is 9.21 Å². The highest BCUT2D eigenvalue weighted by Crippen LogP contribution is 2.25. The van der Waals surface area contributed by atoms with Crippen LogP contribution in [-0.2, 0) is 17.6 Å². The highest BCUT2D eigenvalue weighted by atomic mass is 35.5. The summed E-state index contributed by atoms with van der Waals surface area (Å²) in [7, 11) is 0. The van der Waals surface area contributed by atoms with E-state index in [9.17, 15) is 9.59 Å². The summed E-state index contributed by atoms with van der Waals surface area (Å²) < 4.78 is 6.75. The van der Waals surface area contributed by atoms with Gasteiger partial charge in [0.25, 0.3) is 5.56 Å². The molecule has 1 aliphatic rings. The smallest absolute Gasteiger partial charge is 0.255 e. The van der Waals surface area contributed by atoms with Crippen molar-refractivity contribution in [1.29, 1.82) is 0 Å². The van der Waals surface area contributed by atoms with Crippen molar-refractivity contribution in [2.45, 2.75) is 25.7 Å². The molecular formula is C17H16ClN5O3. The summed E-state index contributed by atoms with van der Waals surface area (Å²) >= 11 is 5.59. The zero-order chi connectivity index (χ0) is 18.1. The second-order valence-corrected chi connectivity index (χ2v) is 6.27. The van der Waals surface area contributed by atoms with Gasteiger partial charge < -0.3 is 9.73 Å². The fourth-order valence-electron chi connectivity index (χ4n) is 3.04. The Labute approximate surface area is 153 Å². The number of carbonyl (C=O) groups excluding carboxylic acids is 1. The monoisotopic (exact) mass is 373 g/mol. The summed E-state index contributed by atoms with van der Waals surface area (Å²) in [5.41, 5.74) is 1.83. The molecule has 0 spiro atoms. The molecular weight excluding hydrogens is 358 g/mol. The highest BCUT2D eigenvalue weighted by Gasteiger charge is 2.20. The Morgan fingerprint density at radius 1 is 1.38 bits per heavy atom. The maximum Gasteiger partial charge on any atom is 0.255 e. The van der Waals surface area contributed by atoms with Gasteiger partial charge in [0, 0.05) is 11.6 Å². The molecule has 0 aliphatic heterocycles. The molecule has 9 heteroatoms. The fourth-order valence-corrected chi connectivity index (χ4v) is 3.11. The summed E-state index contributed by atoms with van der Waals surface area (Å²) in [4.78, 5) is 31.5. The van der Waals surface area contributed by atoms with Crippen molar-refractivity contribution >= 4 is 23.3 Å². The van der Waals surface area contributed by atoms with Gasteiger partial charge in [-0.3, -0.25) is 14.6 Å². The topological polar surface area (TPSA) is 106 Å². The third-order valence-electron chi connectivity index (χ3n) is 4.25. The van der Waals surface area contributed by atoms with E-state index in [4.69, 9.17) is 16.0 Å². The summed E-state index contributed by atoms with van der Waals surface area (Å²) in [5.74, 6) is 0.541. The summed E-state index contributed by atoms with van der Waals surface area (Å²) in [6.45, 7) is 0. The number of amides is 1. The molecule has 0 atom stereocenters. The quantitative estimate of drug-likeness (QED) is 0.682. The number of carbonyl (C=O) groups is 1. The zero-order valence-electron chi connectivity index (χ0n) is 13.8. The van der Waals surface area contributed by atoms with Gasteiger partial charge in [0.1, 0.15) is 17.4 Å². The van der Waals surface area contributed by atoms with Crippen LogP contribution in [0.4, 0.5) is 5.82 Å². The van der Waals surface area contributed by atoms with Crippen LogP contribution < -0.4 is 10.9 Å². The number of fused-ring (bicyclic) bond motifs is 1. The van der Waals surface area contributed by atoms with Crippen LogP contribution in [0, 0.1) is 0 Å². The number of hydrogen-bond donors (Lipinski definition) is 2. The van der Waals surface area contributed by atoms with E-state index in [1.165, 1.54) is 10.9 Å². The molecule has 0 unspecified atom stereocenters. The number of hydrogen-bond acceptors (Lipinski definition) is 5. The average molecular weight is 374 g/mol. The zero-order valence-corrected chi connectivity index (χ0v) is 14.5. The third-order valence-corrected chi connectivity index (χ3v) is 4.49. The molecule has 134 valence electrons.